The number of rotatable bonds is 3. The molecule has 1 saturated heterocycles. The van der Waals surface area contributed by atoms with Gasteiger partial charge in [0.2, 0.25) is 0 Å². The number of nitrogens with one attached hydrogen (secondary N) is 1. The largest absolute Gasteiger partial charge is 0.393 e. The second kappa shape index (κ2) is 4.83. The van der Waals surface area contributed by atoms with Gasteiger partial charge in [0.15, 0.2) is 0 Å². The molecule has 0 aromatic rings. The van der Waals surface area contributed by atoms with Crippen molar-refractivity contribution >= 4 is 0 Å². The lowest BCUT2D eigenvalue weighted by Crippen LogP contribution is -2.45. The zero-order chi connectivity index (χ0) is 8.97. The highest BCUT2D eigenvalue weighted by Crippen LogP contribution is 2.17. The summed E-state index contributed by atoms with van der Waals surface area (Å²) in [6.45, 7) is 5.30. The van der Waals surface area contributed by atoms with Crippen LogP contribution in [0.15, 0.2) is 0 Å². The summed E-state index contributed by atoms with van der Waals surface area (Å²) in [5.74, 6) is 0.433. The first-order valence-corrected chi connectivity index (χ1v) is 5.15. The van der Waals surface area contributed by atoms with Gasteiger partial charge in [-0.1, -0.05) is 26.7 Å². The van der Waals surface area contributed by atoms with Crippen molar-refractivity contribution in [3.05, 3.63) is 0 Å². The van der Waals surface area contributed by atoms with Crippen molar-refractivity contribution in [1.29, 1.82) is 0 Å². The van der Waals surface area contributed by atoms with Gasteiger partial charge < -0.3 is 10.4 Å². The van der Waals surface area contributed by atoms with Crippen LogP contribution in [0.3, 0.4) is 0 Å². The van der Waals surface area contributed by atoms with Crippen LogP contribution in [0, 0.1) is 5.92 Å². The van der Waals surface area contributed by atoms with Gasteiger partial charge in [0.05, 0.1) is 6.10 Å². The SMILES string of the molecule is CCCCC1C[C@@H](O)C(C)CN1. The van der Waals surface area contributed by atoms with Crippen molar-refractivity contribution in [3.63, 3.8) is 0 Å². The molecule has 0 aromatic carbocycles. The Morgan fingerprint density at radius 3 is 2.83 bits per heavy atom. The number of hydrogen-bond acceptors (Lipinski definition) is 2. The second-order valence-corrected chi connectivity index (χ2v) is 4.03. The normalized spacial score (nSPS) is 36.8. The van der Waals surface area contributed by atoms with Crippen LogP contribution in [0.25, 0.3) is 0 Å². The summed E-state index contributed by atoms with van der Waals surface area (Å²) < 4.78 is 0. The van der Waals surface area contributed by atoms with Gasteiger partial charge in [0.1, 0.15) is 0 Å². The smallest absolute Gasteiger partial charge is 0.0592 e. The maximum absolute atomic E-state index is 9.61. The predicted molar refractivity (Wildman–Crippen MR) is 51.1 cm³/mol. The quantitative estimate of drug-likeness (QED) is 0.675. The van der Waals surface area contributed by atoms with Crippen molar-refractivity contribution in [2.24, 2.45) is 5.92 Å². The van der Waals surface area contributed by atoms with Gasteiger partial charge in [-0.15, -0.1) is 0 Å². The Labute approximate surface area is 75.4 Å². The van der Waals surface area contributed by atoms with Crippen molar-refractivity contribution in [2.45, 2.75) is 51.7 Å². The van der Waals surface area contributed by atoms with Gasteiger partial charge in [0.25, 0.3) is 0 Å². The molecule has 0 aliphatic carbocycles. The third-order valence-electron chi connectivity index (χ3n) is 2.82. The predicted octanol–water partition coefficient (Wildman–Crippen LogP) is 1.54. The second-order valence-electron chi connectivity index (χ2n) is 4.03. The number of piperidine rings is 1. The van der Waals surface area contributed by atoms with Gasteiger partial charge in [-0.05, 0) is 18.8 Å². The van der Waals surface area contributed by atoms with E-state index in [-0.39, 0.29) is 6.10 Å². The molecule has 12 heavy (non-hydrogen) atoms. The van der Waals surface area contributed by atoms with E-state index in [0.717, 1.165) is 13.0 Å². The maximum atomic E-state index is 9.61. The molecule has 2 unspecified atom stereocenters. The molecule has 1 aliphatic rings. The molecule has 2 N–H and O–H groups in total. The van der Waals surface area contributed by atoms with Crippen LogP contribution in [-0.2, 0) is 0 Å². The third kappa shape index (κ3) is 2.76. The van der Waals surface area contributed by atoms with Crippen molar-refractivity contribution in [3.8, 4) is 0 Å². The van der Waals surface area contributed by atoms with E-state index in [1.165, 1.54) is 19.3 Å². The summed E-state index contributed by atoms with van der Waals surface area (Å²) in [4.78, 5) is 0. The summed E-state index contributed by atoms with van der Waals surface area (Å²) >= 11 is 0. The van der Waals surface area contributed by atoms with Gasteiger partial charge in [-0.25, -0.2) is 0 Å². The first-order chi connectivity index (χ1) is 5.74. The minimum atomic E-state index is -0.0758. The molecule has 0 saturated carbocycles. The topological polar surface area (TPSA) is 32.3 Å². The first kappa shape index (κ1) is 10.0. The monoisotopic (exact) mass is 171 g/mol. The van der Waals surface area contributed by atoms with Crippen molar-refractivity contribution in [1.82, 2.24) is 5.32 Å². The highest BCUT2D eigenvalue weighted by Gasteiger charge is 2.24. The fraction of sp³-hybridized carbons (Fsp3) is 1.00. The molecule has 2 heteroatoms. The Morgan fingerprint density at radius 2 is 2.25 bits per heavy atom. The Hall–Kier alpha value is -0.0800. The molecule has 0 spiro atoms. The van der Waals surface area contributed by atoms with Gasteiger partial charge in [-0.2, -0.15) is 0 Å². The van der Waals surface area contributed by atoms with Crippen LogP contribution in [0.4, 0.5) is 0 Å². The molecule has 0 amide bonds. The van der Waals surface area contributed by atoms with E-state index in [1.54, 1.807) is 0 Å². The van der Waals surface area contributed by atoms with Gasteiger partial charge >= 0.3 is 0 Å². The van der Waals surface area contributed by atoms with Crippen LogP contribution < -0.4 is 5.32 Å². The van der Waals surface area contributed by atoms with Crippen molar-refractivity contribution < 1.29 is 5.11 Å². The fourth-order valence-electron chi connectivity index (χ4n) is 1.77. The van der Waals surface area contributed by atoms with Crippen LogP contribution in [0.5, 0.6) is 0 Å². The Balaban J connectivity index is 2.21. The minimum Gasteiger partial charge on any atom is -0.393 e. The average molecular weight is 171 g/mol. The van der Waals surface area contributed by atoms with Crippen molar-refractivity contribution in [2.75, 3.05) is 6.54 Å². The van der Waals surface area contributed by atoms with E-state index in [0.29, 0.717) is 12.0 Å². The average Bonchev–Trinajstić information content (AvgIpc) is 2.07. The van der Waals surface area contributed by atoms with Crippen LogP contribution in [-0.4, -0.2) is 23.8 Å². The molecule has 3 atom stereocenters. The Bertz CT molecular complexity index is 125. The number of aliphatic hydroxyl groups excluding tert-OH is 1. The lowest BCUT2D eigenvalue weighted by Gasteiger charge is -2.32. The molecule has 0 radical (unpaired) electrons. The molecular formula is C10H21NO. The molecule has 1 heterocycles. The number of unbranched alkanes of at least 4 members (excludes halogenated alkanes) is 1. The van der Waals surface area contributed by atoms with Crippen LogP contribution >= 0.6 is 0 Å². The first-order valence-electron chi connectivity index (χ1n) is 5.15. The number of hydrogen-bond donors (Lipinski definition) is 2. The van der Waals surface area contributed by atoms with E-state index >= 15 is 0 Å². The Morgan fingerprint density at radius 1 is 1.50 bits per heavy atom. The molecule has 1 aliphatic heterocycles. The molecule has 1 fully saturated rings. The molecule has 0 aromatic heterocycles. The summed E-state index contributed by atoms with van der Waals surface area (Å²) in [5, 5.41) is 13.1. The summed E-state index contributed by atoms with van der Waals surface area (Å²) in [6, 6.07) is 0.566. The molecule has 2 nitrogen and oxygen atoms in total. The standard InChI is InChI=1S/C10H21NO/c1-3-4-5-9-6-10(12)8(2)7-11-9/h8-12H,3-7H2,1-2H3/t8?,9?,10-/m1/s1. The highest BCUT2D eigenvalue weighted by atomic mass is 16.3. The lowest BCUT2D eigenvalue weighted by molar-refractivity contribution is 0.0669. The van der Waals surface area contributed by atoms with E-state index in [9.17, 15) is 5.11 Å². The van der Waals surface area contributed by atoms with E-state index in [2.05, 4.69) is 19.2 Å². The zero-order valence-electron chi connectivity index (χ0n) is 8.21. The molecule has 1 rings (SSSR count). The highest BCUT2D eigenvalue weighted by molar-refractivity contribution is 4.81. The van der Waals surface area contributed by atoms with Crippen LogP contribution in [0.1, 0.15) is 39.5 Å². The fourth-order valence-corrected chi connectivity index (χ4v) is 1.77. The summed E-state index contributed by atoms with van der Waals surface area (Å²) in [7, 11) is 0. The number of aliphatic hydroxyl groups is 1. The zero-order valence-corrected chi connectivity index (χ0v) is 8.21. The van der Waals surface area contributed by atoms with E-state index in [4.69, 9.17) is 0 Å². The van der Waals surface area contributed by atoms with Gasteiger partial charge in [0, 0.05) is 12.6 Å². The van der Waals surface area contributed by atoms with E-state index in [1.807, 2.05) is 0 Å². The Kier molecular flexibility index (Phi) is 4.02. The summed E-state index contributed by atoms with van der Waals surface area (Å²) in [5.41, 5.74) is 0. The maximum Gasteiger partial charge on any atom is 0.0592 e. The molecule has 0 bridgehead atoms. The van der Waals surface area contributed by atoms with Crippen LogP contribution in [0.2, 0.25) is 0 Å². The minimum absolute atomic E-state index is 0.0758. The summed E-state index contributed by atoms with van der Waals surface area (Å²) in [6.07, 6.45) is 4.62. The third-order valence-corrected chi connectivity index (χ3v) is 2.82. The lowest BCUT2D eigenvalue weighted by atomic mass is 9.91. The van der Waals surface area contributed by atoms with Gasteiger partial charge in [-0.3, -0.25) is 0 Å². The molecule has 72 valence electrons. The van der Waals surface area contributed by atoms with E-state index < -0.39 is 0 Å². The molecular weight excluding hydrogens is 150 g/mol.